The Morgan fingerprint density at radius 2 is 1.77 bits per heavy atom. The van der Waals surface area contributed by atoms with Crippen LogP contribution < -0.4 is 5.73 Å². The van der Waals surface area contributed by atoms with E-state index in [2.05, 4.69) is 0 Å². The van der Waals surface area contributed by atoms with Crippen molar-refractivity contribution in [1.82, 2.24) is 0 Å². The van der Waals surface area contributed by atoms with Gasteiger partial charge in [-0.2, -0.15) is 0 Å². The topological polar surface area (TPSA) is 121 Å². The van der Waals surface area contributed by atoms with Crippen LogP contribution in [0.2, 0.25) is 0 Å². The lowest BCUT2D eigenvalue weighted by atomic mass is 10.3. The minimum Gasteiger partial charge on any atom is -0.481 e. The van der Waals surface area contributed by atoms with Crippen LogP contribution >= 0.6 is 0 Å². The number of aliphatic hydroxyl groups is 1. The molecule has 0 spiro atoms. The maximum Gasteiger partial charge on any atom is 0.333 e. The van der Waals surface area contributed by atoms with Gasteiger partial charge < -0.3 is 21.1 Å². The monoisotopic (exact) mass is 191 g/mol. The third-order valence-electron chi connectivity index (χ3n) is 1.28. The molecule has 0 amide bonds. The molecule has 6 heteroatoms. The summed E-state index contributed by atoms with van der Waals surface area (Å²) >= 11 is 0. The molecule has 6 nitrogen and oxygen atoms in total. The molecular formula is C7H13NO5. The Morgan fingerprint density at radius 3 is 1.85 bits per heavy atom. The lowest BCUT2D eigenvalue weighted by molar-refractivity contribution is -0.152. The number of rotatable bonds is 3. The van der Waals surface area contributed by atoms with Gasteiger partial charge in [0.15, 0.2) is 6.10 Å². The standard InChI is InChI=1S/C4H6O5.C3H7N/c5-2(4(8)9)1-3(6)7;4-3-1-2-3/h2,5H,1H2,(H,6,7)(H,8,9);3H,1-2,4H2. The Morgan fingerprint density at radius 1 is 1.38 bits per heavy atom. The molecule has 0 aromatic rings. The van der Waals surface area contributed by atoms with Crippen LogP contribution in [0.3, 0.4) is 0 Å². The van der Waals surface area contributed by atoms with Crippen molar-refractivity contribution >= 4 is 11.9 Å². The van der Waals surface area contributed by atoms with Crippen molar-refractivity contribution in [3.8, 4) is 0 Å². The number of carbonyl (C=O) groups is 2. The van der Waals surface area contributed by atoms with E-state index in [4.69, 9.17) is 21.1 Å². The second kappa shape index (κ2) is 5.50. The van der Waals surface area contributed by atoms with E-state index in [0.29, 0.717) is 6.04 Å². The van der Waals surface area contributed by atoms with E-state index in [-0.39, 0.29) is 0 Å². The molecular weight excluding hydrogens is 178 g/mol. The van der Waals surface area contributed by atoms with E-state index in [1.54, 1.807) is 0 Å². The molecule has 0 aromatic heterocycles. The highest BCUT2D eigenvalue weighted by Crippen LogP contribution is 2.13. The highest BCUT2D eigenvalue weighted by molar-refractivity contribution is 5.79. The Labute approximate surface area is 75.0 Å². The average Bonchev–Trinajstić information content (AvgIpc) is 2.71. The molecule has 0 saturated heterocycles. The molecule has 1 saturated carbocycles. The van der Waals surface area contributed by atoms with Crippen LogP contribution in [0.1, 0.15) is 19.3 Å². The summed E-state index contributed by atoms with van der Waals surface area (Å²) in [5, 5.41) is 24.1. The van der Waals surface area contributed by atoms with Crippen LogP contribution in [0.4, 0.5) is 0 Å². The molecule has 0 heterocycles. The lowest BCUT2D eigenvalue weighted by Crippen LogP contribution is -2.22. The summed E-state index contributed by atoms with van der Waals surface area (Å²) < 4.78 is 0. The van der Waals surface area contributed by atoms with Crippen LogP contribution in [0, 0.1) is 0 Å². The fourth-order valence-electron chi connectivity index (χ4n) is 0.349. The molecule has 0 aromatic carbocycles. The van der Waals surface area contributed by atoms with E-state index in [9.17, 15) is 9.59 Å². The Kier molecular flexibility index (Phi) is 5.01. The fraction of sp³-hybridized carbons (Fsp3) is 0.714. The van der Waals surface area contributed by atoms with Gasteiger partial charge in [-0.15, -0.1) is 0 Å². The van der Waals surface area contributed by atoms with Gasteiger partial charge >= 0.3 is 11.9 Å². The molecule has 1 atom stereocenters. The van der Waals surface area contributed by atoms with Crippen LogP contribution in [-0.2, 0) is 9.59 Å². The predicted molar refractivity (Wildman–Crippen MR) is 43.1 cm³/mol. The molecule has 1 fully saturated rings. The van der Waals surface area contributed by atoms with Gasteiger partial charge in [0.05, 0.1) is 6.42 Å². The van der Waals surface area contributed by atoms with Gasteiger partial charge in [0.2, 0.25) is 0 Å². The second-order valence-electron chi connectivity index (χ2n) is 2.79. The smallest absolute Gasteiger partial charge is 0.333 e. The quantitative estimate of drug-likeness (QED) is 0.454. The van der Waals surface area contributed by atoms with Crippen LogP contribution in [0.25, 0.3) is 0 Å². The van der Waals surface area contributed by atoms with Gasteiger partial charge in [-0.1, -0.05) is 0 Å². The summed E-state index contributed by atoms with van der Waals surface area (Å²) in [6.07, 6.45) is -0.0162. The van der Waals surface area contributed by atoms with Gasteiger partial charge in [-0.05, 0) is 12.8 Å². The van der Waals surface area contributed by atoms with Crippen molar-refractivity contribution in [3.05, 3.63) is 0 Å². The highest BCUT2D eigenvalue weighted by Gasteiger charge is 2.16. The summed E-state index contributed by atoms with van der Waals surface area (Å²) in [5.74, 6) is -2.85. The van der Waals surface area contributed by atoms with Crippen molar-refractivity contribution in [1.29, 1.82) is 0 Å². The number of carboxylic acids is 2. The molecule has 76 valence electrons. The van der Waals surface area contributed by atoms with Crippen LogP contribution in [-0.4, -0.2) is 39.4 Å². The number of aliphatic hydroxyl groups excluding tert-OH is 1. The van der Waals surface area contributed by atoms with Crippen molar-refractivity contribution < 1.29 is 24.9 Å². The van der Waals surface area contributed by atoms with Gasteiger partial charge in [-0.3, -0.25) is 4.79 Å². The number of hydrogen-bond donors (Lipinski definition) is 4. The molecule has 1 unspecified atom stereocenters. The van der Waals surface area contributed by atoms with Crippen molar-refractivity contribution in [2.75, 3.05) is 0 Å². The van der Waals surface area contributed by atoms with Crippen molar-refractivity contribution in [2.45, 2.75) is 31.4 Å². The zero-order valence-corrected chi connectivity index (χ0v) is 7.01. The Bertz CT molecular complexity index is 189. The first-order chi connectivity index (χ1) is 5.93. The highest BCUT2D eigenvalue weighted by atomic mass is 16.4. The van der Waals surface area contributed by atoms with Gasteiger partial charge in [0.25, 0.3) is 0 Å². The third kappa shape index (κ3) is 8.77. The minimum atomic E-state index is -1.79. The molecule has 0 radical (unpaired) electrons. The molecule has 0 aliphatic heterocycles. The summed E-state index contributed by atoms with van der Waals surface area (Å²) in [6.45, 7) is 0. The maximum absolute atomic E-state index is 9.72. The van der Waals surface area contributed by atoms with Crippen LogP contribution in [0.15, 0.2) is 0 Å². The molecule has 1 rings (SSSR count). The maximum atomic E-state index is 9.72. The van der Waals surface area contributed by atoms with Gasteiger partial charge in [0, 0.05) is 6.04 Å². The average molecular weight is 191 g/mol. The first-order valence-electron chi connectivity index (χ1n) is 3.81. The zero-order valence-electron chi connectivity index (χ0n) is 7.01. The van der Waals surface area contributed by atoms with E-state index in [1.807, 2.05) is 0 Å². The first kappa shape index (κ1) is 11.9. The summed E-state index contributed by atoms with van der Waals surface area (Å²) in [5.41, 5.74) is 5.22. The minimum absolute atomic E-state index is 0.583. The first-order valence-corrected chi connectivity index (χ1v) is 3.81. The number of carboxylic acid groups (broad SMARTS) is 2. The number of nitrogens with two attached hydrogens (primary N) is 1. The van der Waals surface area contributed by atoms with Crippen LogP contribution in [0.5, 0.6) is 0 Å². The Balaban J connectivity index is 0.000000293. The predicted octanol–water partition coefficient (Wildman–Crippen LogP) is -0.986. The molecule has 13 heavy (non-hydrogen) atoms. The van der Waals surface area contributed by atoms with Crippen molar-refractivity contribution in [3.63, 3.8) is 0 Å². The summed E-state index contributed by atoms with van der Waals surface area (Å²) in [6, 6.07) is 0.583. The second-order valence-corrected chi connectivity index (χ2v) is 2.79. The molecule has 5 N–H and O–H groups in total. The fourth-order valence-corrected chi connectivity index (χ4v) is 0.349. The molecule has 0 bridgehead atoms. The number of aliphatic carboxylic acids is 2. The van der Waals surface area contributed by atoms with Gasteiger partial charge in [0.1, 0.15) is 0 Å². The molecule has 1 aliphatic carbocycles. The zero-order chi connectivity index (χ0) is 10.4. The normalized spacial score (nSPS) is 16.8. The van der Waals surface area contributed by atoms with E-state index in [0.717, 1.165) is 0 Å². The van der Waals surface area contributed by atoms with Gasteiger partial charge in [-0.25, -0.2) is 4.79 Å². The largest absolute Gasteiger partial charge is 0.481 e. The molecule has 1 aliphatic rings. The summed E-state index contributed by atoms with van der Waals surface area (Å²) in [4.78, 5) is 19.4. The SMILES string of the molecule is NC1CC1.O=C(O)CC(O)C(=O)O. The van der Waals surface area contributed by atoms with E-state index < -0.39 is 24.5 Å². The Hall–Kier alpha value is -1.14. The van der Waals surface area contributed by atoms with Crippen molar-refractivity contribution in [2.24, 2.45) is 5.73 Å². The lowest BCUT2D eigenvalue weighted by Gasteiger charge is -1.97. The number of hydrogen-bond acceptors (Lipinski definition) is 4. The van der Waals surface area contributed by atoms with E-state index >= 15 is 0 Å². The summed E-state index contributed by atoms with van der Waals surface area (Å²) in [7, 11) is 0. The van der Waals surface area contributed by atoms with E-state index in [1.165, 1.54) is 12.8 Å². The third-order valence-corrected chi connectivity index (χ3v) is 1.28.